The van der Waals surface area contributed by atoms with E-state index in [1.54, 1.807) is 43.9 Å². The number of pyridine rings is 1. The first-order valence-electron chi connectivity index (χ1n) is 31.0. The average molecular weight is 1400 g/mol. The van der Waals surface area contributed by atoms with E-state index in [1.807, 2.05) is 29.2 Å². The van der Waals surface area contributed by atoms with E-state index in [9.17, 15) is 72.5 Å². The summed E-state index contributed by atoms with van der Waals surface area (Å²) in [4.78, 5) is 129. The highest BCUT2D eigenvalue weighted by Gasteiger charge is 2.47. The minimum absolute atomic E-state index is 0.0713. The van der Waals surface area contributed by atoms with Gasteiger partial charge in [0.2, 0.25) is 29.5 Å². The Kier molecular flexibility index (Phi) is 30.8. The van der Waals surface area contributed by atoms with Crippen LogP contribution in [0.3, 0.4) is 0 Å². The van der Waals surface area contributed by atoms with Gasteiger partial charge >= 0.3 is 17.9 Å². The molecule has 2 aromatic carbocycles. The lowest BCUT2D eigenvalue weighted by Crippen LogP contribution is -2.53. The van der Waals surface area contributed by atoms with Crippen LogP contribution in [0.15, 0.2) is 54.7 Å². The fraction of sp³-hybridized carbons (Fsp3) is 0.597. The van der Waals surface area contributed by atoms with E-state index in [1.165, 1.54) is 24.0 Å². The molecule has 3 aliphatic rings. The third kappa shape index (κ3) is 26.7. The highest BCUT2D eigenvalue weighted by molar-refractivity contribution is 14.1. The van der Waals surface area contributed by atoms with Gasteiger partial charge in [-0.3, -0.25) is 67.7 Å². The van der Waals surface area contributed by atoms with Gasteiger partial charge in [0.1, 0.15) is 17.8 Å². The number of nitrogens with one attached hydrogen (secondary N) is 4. The molecular weight excluding hydrogens is 1320 g/mol. The van der Waals surface area contributed by atoms with Crippen molar-refractivity contribution in [1.82, 2.24) is 55.7 Å². The Morgan fingerprint density at radius 3 is 1.96 bits per heavy atom. The normalized spacial score (nSPS) is 17.6. The number of ether oxygens (including phenoxy) is 1. The van der Waals surface area contributed by atoms with Gasteiger partial charge in [-0.05, 0) is 122 Å². The van der Waals surface area contributed by atoms with Gasteiger partial charge in [0.25, 0.3) is 11.8 Å². The summed E-state index contributed by atoms with van der Waals surface area (Å²) in [7, 11) is 0. The van der Waals surface area contributed by atoms with Crippen molar-refractivity contribution in [3.63, 3.8) is 0 Å². The quantitative estimate of drug-likeness (QED) is 0.0340. The molecule has 0 spiro atoms. The SMILES string of the molecule is N#C[C@H]1CC(F)(F)CN1C(=O)CNC(=O)c1ccnc2ccc(OCCCC3CCN(C(=O)CCCCCNC(=O)C(CSCCNC(=O)CCCc4ccc(I)cc4)NC(=O)CN4CCN(CC(=O)O)CCN(CC(=O)O)CCN(CC(=O)O)CC4)CC3)cc12. The summed E-state index contributed by atoms with van der Waals surface area (Å²) in [6.07, 6.45) is 8.09. The number of alkyl halides is 2. The third-order valence-electron chi connectivity index (χ3n) is 16.1. The predicted molar refractivity (Wildman–Crippen MR) is 343 cm³/mol. The molecule has 0 saturated carbocycles. The van der Waals surface area contributed by atoms with Crippen molar-refractivity contribution in [3.8, 4) is 11.8 Å². The number of carboxylic acid groups (broad SMARTS) is 3. The number of unbranched alkanes of at least 4 members (excludes halogenated alkanes) is 2. The average Bonchev–Trinajstić information content (AvgIpc) is 1.84. The molecule has 3 aromatic rings. The summed E-state index contributed by atoms with van der Waals surface area (Å²) in [6, 6.07) is 14.3. The van der Waals surface area contributed by atoms with Crippen molar-refractivity contribution in [2.24, 2.45) is 5.92 Å². The van der Waals surface area contributed by atoms with Crippen LogP contribution in [0.1, 0.15) is 86.6 Å². The van der Waals surface area contributed by atoms with Gasteiger partial charge in [0.05, 0.1) is 63.0 Å². The molecule has 29 heteroatoms. The molecule has 0 bridgehead atoms. The second-order valence-electron chi connectivity index (χ2n) is 23.2. The molecule has 0 radical (unpaired) electrons. The topological polar surface area (TPSA) is 328 Å². The van der Waals surface area contributed by atoms with Crippen molar-refractivity contribution in [1.29, 1.82) is 5.26 Å². The number of carbonyl (C=O) groups excluding carboxylic acids is 6. The third-order valence-corrected chi connectivity index (χ3v) is 17.9. The van der Waals surface area contributed by atoms with Gasteiger partial charge < -0.3 is 51.1 Å². The van der Waals surface area contributed by atoms with E-state index < -0.39 is 79.1 Å². The highest BCUT2D eigenvalue weighted by atomic mass is 127. The van der Waals surface area contributed by atoms with Crippen molar-refractivity contribution in [3.05, 3.63) is 69.4 Å². The van der Waals surface area contributed by atoms with Gasteiger partial charge in [0.15, 0.2) is 0 Å². The van der Waals surface area contributed by atoms with Crippen LogP contribution in [-0.2, 0) is 44.8 Å². The number of nitriles is 1. The van der Waals surface area contributed by atoms with Crippen molar-refractivity contribution in [2.75, 3.05) is 136 Å². The number of benzene rings is 2. The Hall–Kier alpha value is -6.85. The summed E-state index contributed by atoms with van der Waals surface area (Å²) in [5, 5.41) is 49.8. The Morgan fingerprint density at radius 1 is 0.714 bits per heavy atom. The zero-order chi connectivity index (χ0) is 65.7. The number of hydrogen-bond acceptors (Lipinski definition) is 17. The lowest BCUT2D eigenvalue weighted by Gasteiger charge is -2.33. The van der Waals surface area contributed by atoms with Crippen LogP contribution in [0, 0.1) is 20.8 Å². The molecular formula is C62H85F2IN12O13S. The lowest BCUT2D eigenvalue weighted by atomic mass is 9.92. The number of aromatic nitrogens is 1. The van der Waals surface area contributed by atoms with E-state index in [0.717, 1.165) is 46.1 Å². The maximum absolute atomic E-state index is 13.9. The summed E-state index contributed by atoms with van der Waals surface area (Å²) in [5.74, 6) is -7.10. The number of fused-ring (bicyclic) bond motifs is 1. The zero-order valence-electron chi connectivity index (χ0n) is 51.3. The second-order valence-corrected chi connectivity index (χ2v) is 25.6. The summed E-state index contributed by atoms with van der Waals surface area (Å²) < 4.78 is 35.0. The number of halogens is 3. The Labute approximate surface area is 546 Å². The standard InChI is InChI=1S/C62H85F2IN12O13S/c63-62(64)35-47(36-66)77(43-62)56(81)37-70-60(88)49-16-20-67-51-15-14-48(34-50(49)51)90-32-5-7-45-17-22-76(23-18-45)55(80)9-2-1-3-19-69-61(89)52(42-91-33-21-68-53(78)8-4-6-44-10-12-46(65)13-11-44)71-54(79)38-72-24-26-73(39-57(82)83)28-30-75(41-59(86)87)31-29-74(27-25-72)40-58(84)85/h10-16,20,34,45,47,52H,1-9,17-19,21-33,35,37-43H2,(H,68,78)(H,69,89)(H,70,88)(H,71,79)(H,82,83)(H,84,85)(H,86,87)/t47-,52?/m1/s1. The molecule has 91 heavy (non-hydrogen) atoms. The molecule has 3 aliphatic heterocycles. The number of aliphatic carboxylic acids is 3. The van der Waals surface area contributed by atoms with Crippen LogP contribution >= 0.6 is 34.4 Å². The molecule has 498 valence electrons. The minimum Gasteiger partial charge on any atom is -0.494 e. The first-order valence-corrected chi connectivity index (χ1v) is 33.2. The van der Waals surface area contributed by atoms with Gasteiger partial charge in [-0.25, -0.2) is 8.78 Å². The summed E-state index contributed by atoms with van der Waals surface area (Å²) in [5.41, 5.74) is 1.88. The van der Waals surface area contributed by atoms with Crippen molar-refractivity contribution >= 4 is 98.6 Å². The lowest BCUT2D eigenvalue weighted by molar-refractivity contribution is -0.140. The van der Waals surface area contributed by atoms with Gasteiger partial charge in [-0.2, -0.15) is 17.0 Å². The Balaban J connectivity index is 0.920. The maximum atomic E-state index is 13.9. The number of carboxylic acids is 3. The smallest absolute Gasteiger partial charge is 0.317 e. The number of aryl methyl sites for hydroxylation is 1. The summed E-state index contributed by atoms with van der Waals surface area (Å²) >= 11 is 3.64. The number of amides is 6. The molecule has 3 saturated heterocycles. The molecule has 6 amide bonds. The van der Waals surface area contributed by atoms with Crippen LogP contribution in [0.4, 0.5) is 8.78 Å². The molecule has 0 aliphatic carbocycles. The van der Waals surface area contributed by atoms with Crippen molar-refractivity contribution < 1.29 is 72.0 Å². The monoisotopic (exact) mass is 1400 g/mol. The number of nitrogens with zero attached hydrogens (tertiary/aromatic N) is 8. The first kappa shape index (κ1) is 73.2. The fourth-order valence-corrected chi connectivity index (χ4v) is 12.4. The number of likely N-dealkylation sites (tertiary alicyclic amines) is 2. The molecule has 1 aromatic heterocycles. The number of thioether (sulfide) groups is 1. The van der Waals surface area contributed by atoms with Crippen LogP contribution in [-0.4, -0.2) is 257 Å². The van der Waals surface area contributed by atoms with Crippen LogP contribution < -0.4 is 26.0 Å². The molecule has 25 nitrogen and oxygen atoms in total. The van der Waals surface area contributed by atoms with E-state index in [2.05, 4.69) is 48.8 Å². The molecule has 2 atom stereocenters. The van der Waals surface area contributed by atoms with Gasteiger partial charge in [-0.15, -0.1) is 0 Å². The number of piperidine rings is 1. The molecule has 4 heterocycles. The largest absolute Gasteiger partial charge is 0.494 e. The van der Waals surface area contributed by atoms with E-state index in [-0.39, 0.29) is 102 Å². The Bertz CT molecular complexity index is 2950. The van der Waals surface area contributed by atoms with Gasteiger partial charge in [0, 0.05) is 124 Å². The highest BCUT2D eigenvalue weighted by Crippen LogP contribution is 2.32. The number of hydrogen-bond donors (Lipinski definition) is 7. The molecule has 1 unspecified atom stereocenters. The zero-order valence-corrected chi connectivity index (χ0v) is 54.3. The molecule has 6 rings (SSSR count). The molecule has 3 fully saturated rings. The first-order chi connectivity index (χ1) is 43.6. The fourth-order valence-electron chi connectivity index (χ4n) is 11.1. The van der Waals surface area contributed by atoms with Crippen LogP contribution in [0.2, 0.25) is 0 Å². The van der Waals surface area contributed by atoms with Crippen molar-refractivity contribution in [2.45, 2.75) is 95.1 Å². The number of carbonyl (C=O) groups is 9. The Morgan fingerprint density at radius 2 is 1.34 bits per heavy atom. The van der Waals surface area contributed by atoms with Crippen LogP contribution in [0.5, 0.6) is 5.75 Å². The van der Waals surface area contributed by atoms with Gasteiger partial charge in [-0.1, -0.05) is 18.6 Å². The minimum atomic E-state index is -3.18. The number of rotatable bonds is 33. The molecule has 7 N–H and O–H groups in total. The van der Waals surface area contributed by atoms with E-state index in [0.29, 0.717) is 99.6 Å². The predicted octanol–water partition coefficient (Wildman–Crippen LogP) is 3.24. The maximum Gasteiger partial charge on any atom is 0.317 e. The second kappa shape index (κ2) is 38.2. The van der Waals surface area contributed by atoms with Crippen LogP contribution in [0.25, 0.3) is 10.9 Å². The van der Waals surface area contributed by atoms with E-state index in [4.69, 9.17) is 4.74 Å². The summed E-state index contributed by atoms with van der Waals surface area (Å²) in [6.45, 7) is 1.52. The van der Waals surface area contributed by atoms with E-state index >= 15 is 0 Å².